The number of aromatic nitrogens is 3. The monoisotopic (exact) mass is 236 g/mol. The van der Waals surface area contributed by atoms with Gasteiger partial charge in [0.15, 0.2) is 0 Å². The van der Waals surface area contributed by atoms with E-state index in [2.05, 4.69) is 22.3 Å². The molecule has 0 spiro atoms. The van der Waals surface area contributed by atoms with Crippen molar-refractivity contribution in [3.8, 4) is 0 Å². The SMILES string of the molecule is CCn1cc(CNc2ccnc(Cl)c2)cn1. The second-order valence-corrected chi connectivity index (χ2v) is 3.81. The Kier molecular flexibility index (Phi) is 3.41. The first-order valence-corrected chi connectivity index (χ1v) is 5.52. The van der Waals surface area contributed by atoms with E-state index < -0.39 is 0 Å². The number of hydrogen-bond donors (Lipinski definition) is 1. The summed E-state index contributed by atoms with van der Waals surface area (Å²) in [5, 5.41) is 7.96. The molecule has 2 aromatic heterocycles. The molecule has 0 fully saturated rings. The zero-order chi connectivity index (χ0) is 11.4. The molecule has 0 amide bonds. The van der Waals surface area contributed by atoms with Gasteiger partial charge in [0, 0.05) is 36.7 Å². The Morgan fingerprint density at radius 1 is 1.50 bits per heavy atom. The van der Waals surface area contributed by atoms with Crippen molar-refractivity contribution in [2.45, 2.75) is 20.0 Å². The number of nitrogens with zero attached hydrogens (tertiary/aromatic N) is 3. The molecule has 0 aromatic carbocycles. The number of anilines is 1. The van der Waals surface area contributed by atoms with Crippen molar-refractivity contribution in [3.63, 3.8) is 0 Å². The van der Waals surface area contributed by atoms with E-state index in [9.17, 15) is 0 Å². The van der Waals surface area contributed by atoms with Crippen LogP contribution in [0.5, 0.6) is 0 Å². The van der Waals surface area contributed by atoms with Crippen molar-refractivity contribution >= 4 is 17.3 Å². The lowest BCUT2D eigenvalue weighted by Gasteiger charge is -2.03. The van der Waals surface area contributed by atoms with Gasteiger partial charge in [-0.3, -0.25) is 4.68 Å². The highest BCUT2D eigenvalue weighted by atomic mass is 35.5. The molecule has 4 nitrogen and oxygen atoms in total. The minimum atomic E-state index is 0.495. The van der Waals surface area contributed by atoms with Gasteiger partial charge in [0.25, 0.3) is 0 Å². The maximum absolute atomic E-state index is 5.79. The Labute approximate surface area is 99.3 Å². The van der Waals surface area contributed by atoms with Crippen LogP contribution in [0.15, 0.2) is 30.7 Å². The summed E-state index contributed by atoms with van der Waals surface area (Å²) >= 11 is 5.79. The Morgan fingerprint density at radius 3 is 3.06 bits per heavy atom. The van der Waals surface area contributed by atoms with E-state index in [1.54, 1.807) is 12.3 Å². The molecule has 0 aliphatic rings. The summed E-state index contributed by atoms with van der Waals surface area (Å²) in [5.41, 5.74) is 2.11. The van der Waals surface area contributed by atoms with E-state index >= 15 is 0 Å². The average Bonchev–Trinajstić information content (AvgIpc) is 2.74. The highest BCUT2D eigenvalue weighted by Crippen LogP contribution is 2.12. The lowest BCUT2D eigenvalue weighted by Crippen LogP contribution is -1.98. The first-order valence-electron chi connectivity index (χ1n) is 5.14. The summed E-state index contributed by atoms with van der Waals surface area (Å²) in [4.78, 5) is 3.92. The maximum atomic E-state index is 5.79. The van der Waals surface area contributed by atoms with Gasteiger partial charge in [-0.15, -0.1) is 0 Å². The van der Waals surface area contributed by atoms with Crippen LogP contribution in [0.1, 0.15) is 12.5 Å². The van der Waals surface area contributed by atoms with E-state index in [0.717, 1.165) is 24.3 Å². The molecule has 84 valence electrons. The molecule has 0 saturated heterocycles. The number of aryl methyl sites for hydroxylation is 1. The molecule has 2 rings (SSSR count). The van der Waals surface area contributed by atoms with Gasteiger partial charge in [0.1, 0.15) is 5.15 Å². The molecule has 16 heavy (non-hydrogen) atoms. The van der Waals surface area contributed by atoms with Gasteiger partial charge in [-0.2, -0.15) is 5.10 Å². The van der Waals surface area contributed by atoms with Crippen molar-refractivity contribution in [2.24, 2.45) is 0 Å². The zero-order valence-corrected chi connectivity index (χ0v) is 9.78. The quantitative estimate of drug-likeness (QED) is 0.830. The van der Waals surface area contributed by atoms with E-state index in [4.69, 9.17) is 11.6 Å². The van der Waals surface area contributed by atoms with Crippen LogP contribution in [-0.2, 0) is 13.1 Å². The van der Waals surface area contributed by atoms with Crippen molar-refractivity contribution < 1.29 is 0 Å². The number of nitrogens with one attached hydrogen (secondary N) is 1. The number of rotatable bonds is 4. The van der Waals surface area contributed by atoms with Gasteiger partial charge in [0.2, 0.25) is 0 Å². The molecule has 0 unspecified atom stereocenters. The largest absolute Gasteiger partial charge is 0.381 e. The third-order valence-corrected chi connectivity index (χ3v) is 2.44. The molecule has 0 aliphatic carbocycles. The molecule has 2 aromatic rings. The lowest BCUT2D eigenvalue weighted by atomic mass is 10.3. The Bertz CT molecular complexity index is 467. The van der Waals surface area contributed by atoms with Gasteiger partial charge in [-0.05, 0) is 19.1 Å². The van der Waals surface area contributed by atoms with Crippen molar-refractivity contribution in [1.82, 2.24) is 14.8 Å². The fraction of sp³-hybridized carbons (Fsp3) is 0.273. The second-order valence-electron chi connectivity index (χ2n) is 3.43. The van der Waals surface area contributed by atoms with Crippen LogP contribution in [0.2, 0.25) is 5.15 Å². The number of pyridine rings is 1. The van der Waals surface area contributed by atoms with Crippen molar-refractivity contribution in [3.05, 3.63) is 41.4 Å². The summed E-state index contributed by atoms with van der Waals surface area (Å²) < 4.78 is 1.90. The number of halogens is 1. The van der Waals surface area contributed by atoms with Gasteiger partial charge in [-0.1, -0.05) is 11.6 Å². The van der Waals surface area contributed by atoms with Crippen LogP contribution in [0.3, 0.4) is 0 Å². The summed E-state index contributed by atoms with van der Waals surface area (Å²) in [5.74, 6) is 0. The molecule has 0 bridgehead atoms. The van der Waals surface area contributed by atoms with Gasteiger partial charge >= 0.3 is 0 Å². The molecule has 0 radical (unpaired) electrons. The zero-order valence-electron chi connectivity index (χ0n) is 9.02. The Morgan fingerprint density at radius 2 is 2.38 bits per heavy atom. The van der Waals surface area contributed by atoms with Crippen LogP contribution in [0.4, 0.5) is 5.69 Å². The molecule has 0 atom stereocenters. The summed E-state index contributed by atoms with van der Waals surface area (Å²) in [6.45, 7) is 3.69. The predicted octanol–water partition coefficient (Wildman–Crippen LogP) is 2.56. The molecular weight excluding hydrogens is 224 g/mol. The van der Waals surface area contributed by atoms with E-state index in [1.807, 2.05) is 23.1 Å². The van der Waals surface area contributed by atoms with Crippen LogP contribution >= 0.6 is 11.6 Å². The minimum Gasteiger partial charge on any atom is -0.381 e. The van der Waals surface area contributed by atoms with Gasteiger partial charge in [0.05, 0.1) is 6.20 Å². The molecule has 1 N–H and O–H groups in total. The Hall–Kier alpha value is -1.55. The van der Waals surface area contributed by atoms with Crippen molar-refractivity contribution in [2.75, 3.05) is 5.32 Å². The molecule has 2 heterocycles. The van der Waals surface area contributed by atoms with Crippen molar-refractivity contribution in [1.29, 1.82) is 0 Å². The van der Waals surface area contributed by atoms with E-state index in [-0.39, 0.29) is 0 Å². The summed E-state index contributed by atoms with van der Waals surface area (Å²) in [6, 6.07) is 3.68. The third kappa shape index (κ3) is 2.73. The van der Waals surface area contributed by atoms with Crippen LogP contribution < -0.4 is 5.32 Å². The van der Waals surface area contributed by atoms with Crippen LogP contribution in [0, 0.1) is 0 Å². The van der Waals surface area contributed by atoms with Gasteiger partial charge in [-0.25, -0.2) is 4.98 Å². The normalized spacial score (nSPS) is 10.4. The highest BCUT2D eigenvalue weighted by molar-refractivity contribution is 6.29. The predicted molar refractivity (Wildman–Crippen MR) is 64.5 cm³/mol. The van der Waals surface area contributed by atoms with E-state index in [1.165, 1.54) is 0 Å². The number of hydrogen-bond acceptors (Lipinski definition) is 3. The molecule has 0 saturated carbocycles. The molecule has 0 aliphatic heterocycles. The van der Waals surface area contributed by atoms with Crippen LogP contribution in [-0.4, -0.2) is 14.8 Å². The Balaban J connectivity index is 1.96. The second kappa shape index (κ2) is 4.99. The summed E-state index contributed by atoms with van der Waals surface area (Å²) in [6.07, 6.45) is 5.56. The van der Waals surface area contributed by atoms with Crippen LogP contribution in [0.25, 0.3) is 0 Å². The highest BCUT2D eigenvalue weighted by Gasteiger charge is 1.98. The summed E-state index contributed by atoms with van der Waals surface area (Å²) in [7, 11) is 0. The first kappa shape index (κ1) is 11.0. The van der Waals surface area contributed by atoms with E-state index in [0.29, 0.717) is 5.15 Å². The molecular formula is C11H13ClN4. The average molecular weight is 237 g/mol. The van der Waals surface area contributed by atoms with Gasteiger partial charge < -0.3 is 5.32 Å². The fourth-order valence-corrected chi connectivity index (χ4v) is 1.56. The smallest absolute Gasteiger partial charge is 0.131 e. The topological polar surface area (TPSA) is 42.7 Å². The lowest BCUT2D eigenvalue weighted by molar-refractivity contribution is 0.659. The minimum absolute atomic E-state index is 0.495. The third-order valence-electron chi connectivity index (χ3n) is 2.23. The molecule has 5 heteroatoms. The fourth-order valence-electron chi connectivity index (χ4n) is 1.39. The maximum Gasteiger partial charge on any atom is 0.131 e. The first-order chi connectivity index (χ1) is 7.78. The standard InChI is InChI=1S/C11H13ClN4/c1-2-16-8-9(7-15-16)6-14-10-3-4-13-11(12)5-10/h3-5,7-8H,2,6H2,1H3,(H,13,14).